The van der Waals surface area contributed by atoms with Gasteiger partial charge in [0, 0.05) is 0 Å². The summed E-state index contributed by atoms with van der Waals surface area (Å²) in [5.41, 5.74) is 0.315. The van der Waals surface area contributed by atoms with Gasteiger partial charge in [-0.3, -0.25) is 17.6 Å². The van der Waals surface area contributed by atoms with Gasteiger partial charge in [-0.15, -0.1) is 12.1 Å². The number of benzene rings is 10. The zero-order chi connectivity index (χ0) is 54.5. The molecule has 2 radical (unpaired) electrons. The van der Waals surface area contributed by atoms with E-state index in [0.717, 1.165) is 23.3 Å². The second-order valence-electron chi connectivity index (χ2n) is 15.7. The van der Waals surface area contributed by atoms with E-state index in [1.54, 1.807) is 0 Å². The molecule has 16 heteroatoms. The number of halogens is 10. The maximum Gasteiger partial charge on any atom is 2.00 e. The third kappa shape index (κ3) is 18.6. The van der Waals surface area contributed by atoms with Crippen LogP contribution in [0.4, 0.5) is 43.9 Å². The molecule has 0 spiro atoms. The van der Waals surface area contributed by atoms with Crippen molar-refractivity contribution in [2.45, 2.75) is 5.60 Å². The monoisotopic (exact) mass is 1470 g/mol. The molecule has 10 rings (SSSR count). The Hall–Kier alpha value is -6.34. The zero-order valence-corrected chi connectivity index (χ0v) is 47.3. The fourth-order valence-electron chi connectivity index (χ4n) is 7.09. The van der Waals surface area contributed by atoms with Gasteiger partial charge in [0.25, 0.3) is 0 Å². The molecule has 0 heterocycles. The van der Waals surface area contributed by atoms with Crippen LogP contribution in [-0.2, 0) is 47.7 Å². The number of rotatable bonds is 9. The Kier molecular flexibility index (Phi) is 28.8. The van der Waals surface area contributed by atoms with Crippen molar-refractivity contribution < 1.29 is 96.6 Å². The van der Waals surface area contributed by atoms with E-state index >= 15 is 0 Å². The average molecular weight is 1480 g/mol. The van der Waals surface area contributed by atoms with Crippen LogP contribution < -0.4 is 31.8 Å². The number of hydrogen-bond donors (Lipinski definition) is 1. The summed E-state index contributed by atoms with van der Waals surface area (Å²) in [6.07, 6.45) is 1.32. The predicted molar refractivity (Wildman–Crippen MR) is 287 cm³/mol. The third-order valence-electron chi connectivity index (χ3n) is 10.7. The van der Waals surface area contributed by atoms with Crippen LogP contribution in [-0.4, -0.2) is 10.6 Å². The summed E-state index contributed by atoms with van der Waals surface area (Å²) in [4.78, 5) is 0. The van der Waals surface area contributed by atoms with Gasteiger partial charge in [-0.1, -0.05) is 243 Å². The molecule has 2 N–H and O–H groups in total. The Bertz CT molecular complexity index is 2860. The maximum absolute atomic E-state index is 12.0. The normalized spacial score (nSPS) is 10.3. The molecule has 10 aromatic carbocycles. The van der Waals surface area contributed by atoms with Crippen molar-refractivity contribution in [2.24, 2.45) is 0 Å². The van der Waals surface area contributed by atoms with Gasteiger partial charge in [0.05, 0.1) is 63.8 Å². The minimum absolute atomic E-state index is 0. The molecule has 0 amide bonds. The Morgan fingerprint density at radius 3 is 0.633 bits per heavy atom. The van der Waals surface area contributed by atoms with Gasteiger partial charge in [-0.05, 0) is 58.8 Å². The molecule has 0 unspecified atom stereocenters. The summed E-state index contributed by atoms with van der Waals surface area (Å²) in [5.74, 6) is -20.1. The molecule has 0 aliphatic rings. The molecule has 79 heavy (non-hydrogen) atoms. The molecule has 0 atom stereocenters. The molecule has 0 aliphatic carbocycles. The maximum atomic E-state index is 12.0. The molecule has 408 valence electrons. The second kappa shape index (κ2) is 33.9. The Morgan fingerprint density at radius 1 is 0.304 bits per heavy atom. The van der Waals surface area contributed by atoms with Gasteiger partial charge in [0.2, 0.25) is 0 Å². The van der Waals surface area contributed by atoms with Crippen LogP contribution in [0.1, 0.15) is 11.1 Å². The van der Waals surface area contributed by atoms with Gasteiger partial charge in [0.1, 0.15) is 0 Å². The van der Waals surface area contributed by atoms with E-state index in [9.17, 15) is 49.0 Å². The summed E-state index contributed by atoms with van der Waals surface area (Å²) < 4.78 is 120. The quantitative estimate of drug-likeness (QED) is 0.0515. The second-order valence-corrected chi connectivity index (χ2v) is 20.2. The van der Waals surface area contributed by atoms with Crippen LogP contribution in [0.25, 0.3) is 0 Å². The van der Waals surface area contributed by atoms with Crippen LogP contribution in [0.5, 0.6) is 0 Å². The third-order valence-corrected chi connectivity index (χ3v) is 15.6. The molecular formula is C63H44F10O2P2Pt2. The average Bonchev–Trinajstić information content (AvgIpc) is 3.49. The largest absolute Gasteiger partial charge is 2.00 e. The Labute approximate surface area is 484 Å². The minimum atomic E-state index is -2.17. The minimum Gasteiger partial charge on any atom is -0.870 e. The molecular weight excluding hydrogens is 1430 g/mol. The van der Waals surface area contributed by atoms with Crippen molar-refractivity contribution in [1.82, 2.24) is 0 Å². The van der Waals surface area contributed by atoms with Crippen molar-refractivity contribution in [3.05, 3.63) is 337 Å². The van der Waals surface area contributed by atoms with Gasteiger partial charge in [-0.2, -0.15) is 6.42 Å². The molecule has 0 aromatic heterocycles. The molecule has 2 nitrogen and oxygen atoms in total. The number of hydrogen-bond acceptors (Lipinski definition) is 2. The topological polar surface area (TPSA) is 50.2 Å². The van der Waals surface area contributed by atoms with Crippen LogP contribution >= 0.6 is 15.8 Å². The molecule has 0 aliphatic heterocycles. The van der Waals surface area contributed by atoms with E-state index in [1.165, 1.54) is 38.2 Å². The number of aliphatic hydroxyl groups is 1. The van der Waals surface area contributed by atoms with E-state index in [2.05, 4.69) is 182 Å². The summed E-state index contributed by atoms with van der Waals surface area (Å²) in [6, 6.07) is 85.5. The van der Waals surface area contributed by atoms with Crippen molar-refractivity contribution in [2.75, 3.05) is 0 Å². The van der Waals surface area contributed by atoms with Crippen LogP contribution in [0.3, 0.4) is 0 Å². The van der Waals surface area contributed by atoms with Crippen LogP contribution in [0, 0.1) is 83.6 Å². The molecule has 10 aromatic rings. The van der Waals surface area contributed by atoms with E-state index in [-0.39, 0.29) is 47.6 Å². The van der Waals surface area contributed by atoms with E-state index in [4.69, 9.17) is 6.92 Å². The smallest absolute Gasteiger partial charge is 0.870 e. The van der Waals surface area contributed by atoms with Crippen molar-refractivity contribution in [3.8, 4) is 0 Å². The van der Waals surface area contributed by atoms with Crippen molar-refractivity contribution >= 4 is 47.7 Å². The summed E-state index contributed by atoms with van der Waals surface area (Å²) in [6.45, 7) is 5.60. The first kappa shape index (κ1) is 66.9. The Balaban J connectivity index is 0.000000262. The molecule has 0 bridgehead atoms. The molecule has 0 saturated carbocycles. The molecule has 0 fully saturated rings. The van der Waals surface area contributed by atoms with Gasteiger partial charge in [-0.25, -0.2) is 26.3 Å². The van der Waals surface area contributed by atoms with Crippen molar-refractivity contribution in [3.63, 3.8) is 0 Å². The SMILES string of the molecule is Fc1[c-]c(F)c(F)c(F)c1F.Fc1[c-]c(F)c(F)c(F)c1F.[CH-][CH]C(O)(c1ccccc1)c1ccccc1.[OH-].[Pt+2].[Pt+2].c1ccc(P(c2ccccc2)c2ccccc2)cc1.c1ccc(P(c2ccccc2)c2ccccc2)cc1. The standard InChI is InChI=1S/2C18H15P.C15H13O.2C6F5.H2O.2Pt/c2*1-4-10-16(11-5-1)19(17-12-6-2-7-13-17)18-14-8-3-9-15-18;1-2-15(16,13-9-5-3-6-10-13)14-11-7-4-8-12-14;2*7-2-1-3(8)5(10)6(11)4(2)9;;;/h2*1-15H;1-12,16H;;;1H2;;/q;;3*-1;;2*+2/p-1. The van der Waals surface area contributed by atoms with Crippen LogP contribution in [0.15, 0.2) is 243 Å². The van der Waals surface area contributed by atoms with Gasteiger partial charge >= 0.3 is 42.1 Å². The first-order valence-corrected chi connectivity index (χ1v) is 25.5. The fourth-order valence-corrected chi connectivity index (χ4v) is 11.7. The fraction of sp³-hybridized carbons (Fsp3) is 0.0159. The summed E-state index contributed by atoms with van der Waals surface area (Å²) >= 11 is 0. The molecule has 0 saturated heterocycles. The Morgan fingerprint density at radius 2 is 0.468 bits per heavy atom. The van der Waals surface area contributed by atoms with E-state index in [0.29, 0.717) is 0 Å². The summed E-state index contributed by atoms with van der Waals surface area (Å²) in [7, 11) is -0.892. The van der Waals surface area contributed by atoms with E-state index in [1.807, 2.05) is 60.7 Å². The predicted octanol–water partition coefficient (Wildman–Crippen LogP) is 13.9. The first-order valence-electron chi connectivity index (χ1n) is 22.9. The van der Waals surface area contributed by atoms with Crippen LogP contribution in [0.2, 0.25) is 0 Å². The van der Waals surface area contributed by atoms with E-state index < -0.39 is 79.6 Å². The zero-order valence-electron chi connectivity index (χ0n) is 40.9. The van der Waals surface area contributed by atoms with Crippen molar-refractivity contribution in [1.29, 1.82) is 0 Å². The summed E-state index contributed by atoms with van der Waals surface area (Å²) in [5, 5.41) is 19.0. The van der Waals surface area contributed by atoms with Gasteiger partial charge < -0.3 is 17.5 Å². The first-order chi connectivity index (χ1) is 36.7. The van der Waals surface area contributed by atoms with Gasteiger partial charge in [0.15, 0.2) is 0 Å².